The summed E-state index contributed by atoms with van der Waals surface area (Å²) in [5.41, 5.74) is 3.88. The monoisotopic (exact) mass is 460 g/mol. The van der Waals surface area contributed by atoms with Gasteiger partial charge in [-0.05, 0) is 53.4 Å². The summed E-state index contributed by atoms with van der Waals surface area (Å²) in [7, 11) is 0. The van der Waals surface area contributed by atoms with Gasteiger partial charge in [-0.15, -0.1) is 0 Å². The molecule has 1 aromatic carbocycles. The Bertz CT molecular complexity index is 1230. The van der Waals surface area contributed by atoms with E-state index in [0.717, 1.165) is 37.2 Å². The molecule has 33 heavy (non-hydrogen) atoms. The fourth-order valence-electron chi connectivity index (χ4n) is 3.95. The van der Waals surface area contributed by atoms with Crippen molar-refractivity contribution in [2.75, 3.05) is 28.6 Å². The van der Waals surface area contributed by atoms with Crippen LogP contribution in [0, 0.1) is 0 Å². The second-order valence-electron chi connectivity index (χ2n) is 7.94. The molecule has 1 aliphatic rings. The normalized spacial score (nSPS) is 14.3. The van der Waals surface area contributed by atoms with E-state index in [1.54, 1.807) is 11.3 Å². The van der Waals surface area contributed by atoms with E-state index in [1.807, 2.05) is 30.5 Å². The number of rotatable bonds is 6. The molecule has 10 heteroatoms. The van der Waals surface area contributed by atoms with Gasteiger partial charge in [-0.3, -0.25) is 9.48 Å². The van der Waals surface area contributed by atoms with Gasteiger partial charge in [0.25, 0.3) is 0 Å². The van der Waals surface area contributed by atoms with Gasteiger partial charge >= 0.3 is 0 Å². The highest BCUT2D eigenvalue weighted by Crippen LogP contribution is 2.28. The largest absolute Gasteiger partial charge is 0.341 e. The first-order valence-electron chi connectivity index (χ1n) is 10.8. The third-order valence-corrected chi connectivity index (χ3v) is 6.26. The standard InChI is InChI=1S/C23H24N8OS/c1-16(32)27-19-3-2-4-20(11-19)28-22-24-15-25-23(29-22)30-8-5-21(6-9-30)31-13-18(12-26-31)17-7-10-33-14-17/h2-4,7,10-15,21H,5-6,8-9H2,1H3,(H,27,32)(H,24,25,28,29). The lowest BCUT2D eigenvalue weighted by atomic mass is 10.1. The highest BCUT2D eigenvalue weighted by molar-refractivity contribution is 7.08. The number of nitrogens with one attached hydrogen (secondary N) is 2. The summed E-state index contributed by atoms with van der Waals surface area (Å²) >= 11 is 1.70. The molecule has 5 rings (SSSR count). The molecule has 168 valence electrons. The van der Waals surface area contributed by atoms with Crippen molar-refractivity contribution in [2.24, 2.45) is 0 Å². The van der Waals surface area contributed by atoms with Crippen molar-refractivity contribution in [1.82, 2.24) is 24.7 Å². The van der Waals surface area contributed by atoms with Gasteiger partial charge in [0.05, 0.1) is 12.2 Å². The Hall–Kier alpha value is -3.79. The second kappa shape index (κ2) is 9.37. The van der Waals surface area contributed by atoms with Crippen molar-refractivity contribution in [3.8, 4) is 11.1 Å². The molecule has 0 saturated carbocycles. The molecule has 9 nitrogen and oxygen atoms in total. The third-order valence-electron chi connectivity index (χ3n) is 5.58. The van der Waals surface area contributed by atoms with E-state index in [0.29, 0.717) is 23.6 Å². The Balaban J connectivity index is 1.22. The van der Waals surface area contributed by atoms with Gasteiger partial charge in [-0.1, -0.05) is 6.07 Å². The van der Waals surface area contributed by atoms with Crippen molar-refractivity contribution >= 4 is 40.5 Å². The number of hydrogen-bond donors (Lipinski definition) is 2. The fourth-order valence-corrected chi connectivity index (χ4v) is 4.62. The summed E-state index contributed by atoms with van der Waals surface area (Å²) in [6.07, 6.45) is 7.55. The zero-order valence-electron chi connectivity index (χ0n) is 18.2. The summed E-state index contributed by atoms with van der Waals surface area (Å²) in [5, 5.41) is 14.8. The SMILES string of the molecule is CC(=O)Nc1cccc(Nc2ncnc(N3CCC(n4cc(-c5ccsc5)cn4)CC3)n2)c1. The molecular weight excluding hydrogens is 436 g/mol. The molecule has 0 aliphatic carbocycles. The van der Waals surface area contributed by atoms with Gasteiger partial charge in [0.1, 0.15) is 6.33 Å². The van der Waals surface area contributed by atoms with Crippen LogP contribution in [0.25, 0.3) is 11.1 Å². The average Bonchev–Trinajstić information content (AvgIpc) is 3.52. The third kappa shape index (κ3) is 5.01. The maximum atomic E-state index is 11.3. The molecule has 0 bridgehead atoms. The molecule has 2 N–H and O–H groups in total. The smallest absolute Gasteiger partial charge is 0.231 e. The van der Waals surface area contributed by atoms with E-state index < -0.39 is 0 Å². The molecule has 1 saturated heterocycles. The Morgan fingerprint density at radius 3 is 2.76 bits per heavy atom. The van der Waals surface area contributed by atoms with E-state index in [4.69, 9.17) is 0 Å². The molecule has 0 atom stereocenters. The molecule has 1 aliphatic heterocycles. The highest BCUT2D eigenvalue weighted by Gasteiger charge is 2.23. The van der Waals surface area contributed by atoms with Gasteiger partial charge in [-0.25, -0.2) is 9.97 Å². The Morgan fingerprint density at radius 2 is 1.97 bits per heavy atom. The number of thiophene rings is 1. The molecule has 1 amide bonds. The Morgan fingerprint density at radius 1 is 1.12 bits per heavy atom. The zero-order valence-corrected chi connectivity index (χ0v) is 19.0. The maximum Gasteiger partial charge on any atom is 0.231 e. The predicted octanol–water partition coefficient (Wildman–Crippen LogP) is 4.34. The Labute approximate surface area is 195 Å². The summed E-state index contributed by atoms with van der Waals surface area (Å²) < 4.78 is 2.09. The van der Waals surface area contributed by atoms with Crippen LogP contribution in [0.15, 0.2) is 59.8 Å². The second-order valence-corrected chi connectivity index (χ2v) is 8.72. The highest BCUT2D eigenvalue weighted by atomic mass is 32.1. The van der Waals surface area contributed by atoms with Crippen LogP contribution >= 0.6 is 11.3 Å². The van der Waals surface area contributed by atoms with Crippen LogP contribution in [0.2, 0.25) is 0 Å². The fraction of sp³-hybridized carbons (Fsp3) is 0.261. The van der Waals surface area contributed by atoms with E-state index >= 15 is 0 Å². The van der Waals surface area contributed by atoms with Crippen LogP contribution < -0.4 is 15.5 Å². The molecule has 3 aromatic heterocycles. The van der Waals surface area contributed by atoms with Crippen LogP contribution in [0.3, 0.4) is 0 Å². The van der Waals surface area contributed by atoms with Gasteiger partial charge < -0.3 is 15.5 Å². The molecule has 4 aromatic rings. The number of anilines is 4. The van der Waals surface area contributed by atoms with Crippen LogP contribution in [0.4, 0.5) is 23.3 Å². The predicted molar refractivity (Wildman–Crippen MR) is 130 cm³/mol. The van der Waals surface area contributed by atoms with E-state index in [9.17, 15) is 4.79 Å². The molecule has 0 unspecified atom stereocenters. The number of carbonyl (C=O) groups excluding carboxylic acids is 1. The molecule has 4 heterocycles. The van der Waals surface area contributed by atoms with Crippen LogP contribution in [0.1, 0.15) is 25.8 Å². The van der Waals surface area contributed by atoms with Crippen molar-refractivity contribution < 1.29 is 4.79 Å². The summed E-state index contributed by atoms with van der Waals surface area (Å²) in [5.74, 6) is 1.01. The summed E-state index contributed by atoms with van der Waals surface area (Å²) in [6, 6.07) is 9.92. The van der Waals surface area contributed by atoms with Gasteiger partial charge in [0, 0.05) is 43.1 Å². The number of benzene rings is 1. The lowest BCUT2D eigenvalue weighted by Gasteiger charge is -2.32. The number of aromatic nitrogens is 5. The lowest BCUT2D eigenvalue weighted by Crippen LogP contribution is -2.36. The van der Waals surface area contributed by atoms with Crippen LogP contribution in [0.5, 0.6) is 0 Å². The van der Waals surface area contributed by atoms with Crippen molar-refractivity contribution in [3.05, 3.63) is 59.8 Å². The van der Waals surface area contributed by atoms with Gasteiger partial charge in [-0.2, -0.15) is 21.4 Å². The van der Waals surface area contributed by atoms with Gasteiger partial charge in [0.15, 0.2) is 0 Å². The van der Waals surface area contributed by atoms with Gasteiger partial charge in [0.2, 0.25) is 17.8 Å². The molecule has 0 spiro atoms. The number of hydrogen-bond acceptors (Lipinski definition) is 8. The first-order chi connectivity index (χ1) is 16.1. The molecule has 0 radical (unpaired) electrons. The van der Waals surface area contributed by atoms with Crippen molar-refractivity contribution in [1.29, 1.82) is 0 Å². The first-order valence-corrected chi connectivity index (χ1v) is 11.7. The number of nitrogens with zero attached hydrogens (tertiary/aromatic N) is 6. The maximum absolute atomic E-state index is 11.3. The minimum absolute atomic E-state index is 0.115. The van der Waals surface area contributed by atoms with E-state index in [-0.39, 0.29) is 5.91 Å². The number of amides is 1. The average molecular weight is 461 g/mol. The van der Waals surface area contributed by atoms with E-state index in [1.165, 1.54) is 18.8 Å². The Kier molecular flexibility index (Phi) is 5.99. The number of carbonyl (C=O) groups is 1. The number of piperidine rings is 1. The molecular formula is C23H24N8OS. The first kappa shape index (κ1) is 21.1. The van der Waals surface area contributed by atoms with Crippen molar-refractivity contribution in [3.63, 3.8) is 0 Å². The quantitative estimate of drug-likeness (QED) is 0.441. The van der Waals surface area contributed by atoms with E-state index in [2.05, 4.69) is 63.3 Å². The topological polar surface area (TPSA) is 101 Å². The van der Waals surface area contributed by atoms with Crippen LogP contribution in [-0.2, 0) is 4.79 Å². The van der Waals surface area contributed by atoms with Crippen LogP contribution in [-0.4, -0.2) is 43.7 Å². The minimum atomic E-state index is -0.115. The summed E-state index contributed by atoms with van der Waals surface area (Å²) in [6.45, 7) is 3.18. The lowest BCUT2D eigenvalue weighted by molar-refractivity contribution is -0.114. The molecule has 1 fully saturated rings. The van der Waals surface area contributed by atoms with Crippen molar-refractivity contribution in [2.45, 2.75) is 25.8 Å². The summed E-state index contributed by atoms with van der Waals surface area (Å²) in [4.78, 5) is 26.7. The zero-order chi connectivity index (χ0) is 22.6. The minimum Gasteiger partial charge on any atom is -0.341 e.